The van der Waals surface area contributed by atoms with Crippen molar-refractivity contribution in [3.8, 4) is 0 Å². The zero-order valence-electron chi connectivity index (χ0n) is 7.78. The van der Waals surface area contributed by atoms with E-state index in [1.165, 1.54) is 5.56 Å². The predicted molar refractivity (Wildman–Crippen MR) is 51.4 cm³/mol. The summed E-state index contributed by atoms with van der Waals surface area (Å²) >= 11 is 0. The van der Waals surface area contributed by atoms with Crippen LogP contribution in [0, 0.1) is 6.92 Å². The summed E-state index contributed by atoms with van der Waals surface area (Å²) in [6.07, 6.45) is 0. The number of aromatic nitrogens is 2. The van der Waals surface area contributed by atoms with Crippen LogP contribution in [0.15, 0.2) is 18.2 Å². The van der Waals surface area contributed by atoms with Crippen LogP contribution in [-0.4, -0.2) is 14.7 Å². The van der Waals surface area contributed by atoms with Gasteiger partial charge in [-0.05, 0) is 18.6 Å². The maximum Gasteiger partial charge on any atom is 0.135 e. The number of rotatable bonds is 1. The molecule has 0 aliphatic heterocycles. The van der Waals surface area contributed by atoms with Gasteiger partial charge in [-0.2, -0.15) is 0 Å². The predicted octanol–water partition coefficient (Wildman–Crippen LogP) is 1.37. The lowest BCUT2D eigenvalue weighted by molar-refractivity contribution is 0.268. The van der Waals surface area contributed by atoms with Gasteiger partial charge < -0.3 is 9.67 Å². The van der Waals surface area contributed by atoms with Crippen molar-refractivity contribution in [1.82, 2.24) is 9.55 Å². The zero-order chi connectivity index (χ0) is 9.42. The number of fused-ring (bicyclic) bond motifs is 1. The first kappa shape index (κ1) is 8.26. The van der Waals surface area contributed by atoms with E-state index in [1.807, 2.05) is 36.7 Å². The molecule has 0 fully saturated rings. The quantitative estimate of drug-likeness (QED) is 0.712. The Hall–Kier alpha value is -1.35. The van der Waals surface area contributed by atoms with Crippen molar-refractivity contribution < 1.29 is 5.11 Å². The molecular formula is C10H12N2O. The highest BCUT2D eigenvalue weighted by Crippen LogP contribution is 2.18. The number of aliphatic hydroxyl groups is 1. The molecule has 68 valence electrons. The van der Waals surface area contributed by atoms with E-state index in [1.54, 1.807) is 0 Å². The summed E-state index contributed by atoms with van der Waals surface area (Å²) in [5.74, 6) is 0.712. The molecule has 0 unspecified atom stereocenters. The first-order valence-electron chi connectivity index (χ1n) is 4.26. The Labute approximate surface area is 76.6 Å². The molecule has 0 aliphatic carbocycles. The van der Waals surface area contributed by atoms with Crippen LogP contribution in [0.4, 0.5) is 0 Å². The van der Waals surface area contributed by atoms with Crippen molar-refractivity contribution in [3.63, 3.8) is 0 Å². The van der Waals surface area contributed by atoms with Gasteiger partial charge in [-0.25, -0.2) is 4.98 Å². The topological polar surface area (TPSA) is 38.1 Å². The van der Waals surface area contributed by atoms with Gasteiger partial charge in [-0.3, -0.25) is 0 Å². The van der Waals surface area contributed by atoms with Crippen LogP contribution in [0.1, 0.15) is 11.4 Å². The van der Waals surface area contributed by atoms with Gasteiger partial charge in [0.1, 0.15) is 12.4 Å². The second kappa shape index (κ2) is 2.85. The summed E-state index contributed by atoms with van der Waals surface area (Å²) in [7, 11) is 1.92. The summed E-state index contributed by atoms with van der Waals surface area (Å²) in [5.41, 5.74) is 3.24. The Kier molecular flexibility index (Phi) is 1.81. The highest BCUT2D eigenvalue weighted by molar-refractivity contribution is 5.79. The smallest absolute Gasteiger partial charge is 0.135 e. The van der Waals surface area contributed by atoms with Crippen LogP contribution in [-0.2, 0) is 13.7 Å². The lowest BCUT2D eigenvalue weighted by Crippen LogP contribution is -1.97. The van der Waals surface area contributed by atoms with E-state index in [0.717, 1.165) is 11.0 Å². The van der Waals surface area contributed by atoms with E-state index < -0.39 is 0 Å². The van der Waals surface area contributed by atoms with Gasteiger partial charge in [-0.15, -0.1) is 0 Å². The molecule has 3 nitrogen and oxygen atoms in total. The number of hydrogen-bond donors (Lipinski definition) is 1. The summed E-state index contributed by atoms with van der Waals surface area (Å²) in [6.45, 7) is 2.04. The van der Waals surface area contributed by atoms with Gasteiger partial charge in [0.05, 0.1) is 11.0 Å². The SMILES string of the molecule is Cc1cccc2nc(CO)n(C)c12. The number of para-hydroxylation sites is 1. The summed E-state index contributed by atoms with van der Waals surface area (Å²) in [6, 6.07) is 5.98. The number of aryl methyl sites for hydroxylation is 2. The van der Waals surface area contributed by atoms with Gasteiger partial charge in [0.25, 0.3) is 0 Å². The molecule has 1 heterocycles. The molecule has 0 bridgehead atoms. The van der Waals surface area contributed by atoms with Gasteiger partial charge in [0.15, 0.2) is 0 Å². The molecule has 0 spiro atoms. The fourth-order valence-corrected chi connectivity index (χ4v) is 1.65. The summed E-state index contributed by atoms with van der Waals surface area (Å²) < 4.78 is 1.94. The lowest BCUT2D eigenvalue weighted by Gasteiger charge is -2.00. The molecule has 0 saturated heterocycles. The molecule has 0 saturated carbocycles. The highest BCUT2D eigenvalue weighted by Gasteiger charge is 2.07. The minimum Gasteiger partial charge on any atom is -0.388 e. The molecule has 1 aromatic carbocycles. The maximum absolute atomic E-state index is 9.03. The van der Waals surface area contributed by atoms with Gasteiger partial charge in [0, 0.05) is 7.05 Å². The Morgan fingerprint density at radius 1 is 1.46 bits per heavy atom. The lowest BCUT2D eigenvalue weighted by atomic mass is 10.2. The van der Waals surface area contributed by atoms with Crippen LogP contribution in [0.5, 0.6) is 0 Å². The third-order valence-electron chi connectivity index (χ3n) is 2.33. The van der Waals surface area contributed by atoms with Gasteiger partial charge in [0.2, 0.25) is 0 Å². The Morgan fingerprint density at radius 2 is 2.23 bits per heavy atom. The fourth-order valence-electron chi connectivity index (χ4n) is 1.65. The number of nitrogens with zero attached hydrogens (tertiary/aromatic N) is 2. The molecule has 1 N–H and O–H groups in total. The fraction of sp³-hybridized carbons (Fsp3) is 0.300. The highest BCUT2D eigenvalue weighted by atomic mass is 16.3. The molecule has 3 heteroatoms. The zero-order valence-corrected chi connectivity index (χ0v) is 7.78. The van der Waals surface area contributed by atoms with Crippen molar-refractivity contribution in [3.05, 3.63) is 29.6 Å². The summed E-state index contributed by atoms with van der Waals surface area (Å²) in [5, 5.41) is 9.03. The standard InChI is InChI=1S/C10H12N2O/c1-7-4-3-5-8-10(7)12(2)9(6-13)11-8/h3-5,13H,6H2,1-2H3. The minimum atomic E-state index is -0.00931. The van der Waals surface area contributed by atoms with Crippen LogP contribution in [0.2, 0.25) is 0 Å². The number of aliphatic hydroxyl groups excluding tert-OH is 1. The second-order valence-corrected chi connectivity index (χ2v) is 3.19. The van der Waals surface area contributed by atoms with E-state index in [-0.39, 0.29) is 6.61 Å². The molecule has 2 rings (SSSR count). The van der Waals surface area contributed by atoms with Crippen molar-refractivity contribution in [2.75, 3.05) is 0 Å². The van der Waals surface area contributed by atoms with Crippen molar-refractivity contribution in [1.29, 1.82) is 0 Å². The molecule has 0 aliphatic rings. The van der Waals surface area contributed by atoms with E-state index in [4.69, 9.17) is 5.11 Å². The van der Waals surface area contributed by atoms with Crippen molar-refractivity contribution in [2.24, 2.45) is 7.05 Å². The first-order valence-corrected chi connectivity index (χ1v) is 4.26. The van der Waals surface area contributed by atoms with Crippen LogP contribution >= 0.6 is 0 Å². The normalized spacial score (nSPS) is 11.0. The monoisotopic (exact) mass is 176 g/mol. The molecule has 2 aromatic rings. The van der Waals surface area contributed by atoms with E-state index in [2.05, 4.69) is 4.98 Å². The third-order valence-corrected chi connectivity index (χ3v) is 2.33. The second-order valence-electron chi connectivity index (χ2n) is 3.19. The van der Waals surface area contributed by atoms with Crippen molar-refractivity contribution in [2.45, 2.75) is 13.5 Å². The third kappa shape index (κ3) is 1.12. The number of benzene rings is 1. The first-order chi connectivity index (χ1) is 6.24. The van der Waals surface area contributed by atoms with Crippen LogP contribution in [0.25, 0.3) is 11.0 Å². The van der Waals surface area contributed by atoms with Gasteiger partial charge in [-0.1, -0.05) is 12.1 Å². The average Bonchev–Trinajstić information content (AvgIpc) is 2.44. The Morgan fingerprint density at radius 3 is 2.85 bits per heavy atom. The molecule has 0 amide bonds. The molecule has 1 aromatic heterocycles. The van der Waals surface area contributed by atoms with Gasteiger partial charge >= 0.3 is 0 Å². The number of imidazole rings is 1. The van der Waals surface area contributed by atoms with Crippen LogP contribution in [0.3, 0.4) is 0 Å². The molecule has 0 radical (unpaired) electrons. The van der Waals surface area contributed by atoms with E-state index in [0.29, 0.717) is 5.82 Å². The van der Waals surface area contributed by atoms with E-state index in [9.17, 15) is 0 Å². The largest absolute Gasteiger partial charge is 0.388 e. The summed E-state index contributed by atoms with van der Waals surface area (Å²) in [4.78, 5) is 4.30. The Bertz CT molecular complexity index is 445. The maximum atomic E-state index is 9.03. The average molecular weight is 176 g/mol. The molecule has 0 atom stereocenters. The van der Waals surface area contributed by atoms with E-state index >= 15 is 0 Å². The number of hydrogen-bond acceptors (Lipinski definition) is 2. The Balaban J connectivity index is 2.85. The van der Waals surface area contributed by atoms with Crippen molar-refractivity contribution >= 4 is 11.0 Å². The molecular weight excluding hydrogens is 164 g/mol. The molecule has 13 heavy (non-hydrogen) atoms. The van der Waals surface area contributed by atoms with Crippen LogP contribution < -0.4 is 0 Å². The minimum absolute atomic E-state index is 0.00931.